The standard InChI is InChI=1S/C17H20N2O5S/c1-5-23-16(21)14-9(2)18-17(25)19-15(14)11-6-7-12(24-10(3)20)13(8-11)22-4/h6-8,15H,5H2,1-4H3,(H2,18,19,25). The maximum Gasteiger partial charge on any atom is 0.338 e. The number of rotatable bonds is 5. The van der Waals surface area contributed by atoms with Crippen LogP contribution in [-0.2, 0) is 14.3 Å². The smallest absolute Gasteiger partial charge is 0.338 e. The van der Waals surface area contributed by atoms with Gasteiger partial charge in [0, 0.05) is 12.6 Å². The summed E-state index contributed by atoms with van der Waals surface area (Å²) in [5.74, 6) is -0.209. The van der Waals surface area contributed by atoms with Crippen LogP contribution in [0.15, 0.2) is 29.5 Å². The Morgan fingerprint density at radius 3 is 2.60 bits per heavy atom. The van der Waals surface area contributed by atoms with Gasteiger partial charge in [-0.3, -0.25) is 4.79 Å². The van der Waals surface area contributed by atoms with Crippen molar-refractivity contribution in [3.63, 3.8) is 0 Å². The Morgan fingerprint density at radius 2 is 2.00 bits per heavy atom. The predicted octanol–water partition coefficient (Wildman–Crippen LogP) is 1.98. The monoisotopic (exact) mass is 364 g/mol. The quantitative estimate of drug-likeness (QED) is 0.466. The van der Waals surface area contributed by atoms with Crippen LogP contribution < -0.4 is 20.1 Å². The Hall–Kier alpha value is -2.61. The Kier molecular flexibility index (Phi) is 5.97. The van der Waals surface area contributed by atoms with E-state index in [0.29, 0.717) is 27.9 Å². The van der Waals surface area contributed by atoms with Crippen molar-refractivity contribution in [1.29, 1.82) is 0 Å². The van der Waals surface area contributed by atoms with Crippen LogP contribution in [0, 0.1) is 0 Å². The Morgan fingerprint density at radius 1 is 1.28 bits per heavy atom. The maximum absolute atomic E-state index is 12.4. The number of allylic oxidation sites excluding steroid dienone is 1. The van der Waals surface area contributed by atoms with E-state index < -0.39 is 18.0 Å². The summed E-state index contributed by atoms with van der Waals surface area (Å²) in [5.41, 5.74) is 1.77. The summed E-state index contributed by atoms with van der Waals surface area (Å²) < 4.78 is 15.5. The van der Waals surface area contributed by atoms with E-state index in [1.54, 1.807) is 32.0 Å². The number of carbonyl (C=O) groups is 2. The van der Waals surface area contributed by atoms with Gasteiger partial charge in [-0.15, -0.1) is 0 Å². The molecule has 0 aromatic heterocycles. The minimum absolute atomic E-state index is 0.265. The fraction of sp³-hybridized carbons (Fsp3) is 0.353. The molecule has 2 rings (SSSR count). The molecule has 25 heavy (non-hydrogen) atoms. The lowest BCUT2D eigenvalue weighted by molar-refractivity contribution is -0.139. The molecule has 134 valence electrons. The number of thiocarbonyl (C=S) groups is 1. The molecule has 1 atom stereocenters. The van der Waals surface area contributed by atoms with Gasteiger partial charge in [0.25, 0.3) is 0 Å². The number of hydrogen-bond donors (Lipinski definition) is 2. The predicted molar refractivity (Wildman–Crippen MR) is 95.2 cm³/mol. The minimum atomic E-state index is -0.506. The van der Waals surface area contributed by atoms with E-state index in [1.165, 1.54) is 14.0 Å². The van der Waals surface area contributed by atoms with Gasteiger partial charge in [0.1, 0.15) is 0 Å². The van der Waals surface area contributed by atoms with Crippen LogP contribution in [0.3, 0.4) is 0 Å². The number of ether oxygens (including phenoxy) is 3. The van der Waals surface area contributed by atoms with Crippen molar-refractivity contribution < 1.29 is 23.8 Å². The van der Waals surface area contributed by atoms with Crippen LogP contribution in [0.25, 0.3) is 0 Å². The first kappa shape index (κ1) is 18.7. The van der Waals surface area contributed by atoms with Crippen LogP contribution in [0.1, 0.15) is 32.4 Å². The molecule has 0 amide bonds. The molecule has 2 N–H and O–H groups in total. The molecule has 1 aliphatic heterocycles. The summed E-state index contributed by atoms with van der Waals surface area (Å²) >= 11 is 5.20. The summed E-state index contributed by atoms with van der Waals surface area (Å²) in [6.45, 7) is 5.08. The van der Waals surface area contributed by atoms with Crippen molar-refractivity contribution in [1.82, 2.24) is 10.6 Å². The number of carbonyl (C=O) groups excluding carboxylic acids is 2. The summed E-state index contributed by atoms with van der Waals surface area (Å²) in [6, 6.07) is 4.53. The van der Waals surface area contributed by atoms with Gasteiger partial charge in [0.2, 0.25) is 0 Å². The van der Waals surface area contributed by atoms with Gasteiger partial charge in [-0.1, -0.05) is 6.07 Å². The summed E-state index contributed by atoms with van der Waals surface area (Å²) in [5, 5.41) is 6.40. The van der Waals surface area contributed by atoms with E-state index in [4.69, 9.17) is 26.4 Å². The van der Waals surface area contributed by atoms with Gasteiger partial charge in [-0.25, -0.2) is 4.79 Å². The Labute approximate surface area is 151 Å². The molecule has 7 nitrogen and oxygen atoms in total. The highest BCUT2D eigenvalue weighted by atomic mass is 32.1. The van der Waals surface area contributed by atoms with Crippen molar-refractivity contribution in [3.8, 4) is 11.5 Å². The molecule has 0 spiro atoms. The van der Waals surface area contributed by atoms with Gasteiger partial charge in [-0.2, -0.15) is 0 Å². The van der Waals surface area contributed by atoms with Gasteiger partial charge in [0.15, 0.2) is 16.6 Å². The number of methoxy groups -OCH3 is 1. The molecule has 1 aromatic carbocycles. The average molecular weight is 364 g/mol. The molecular formula is C17H20N2O5S. The summed E-state index contributed by atoms with van der Waals surface area (Å²) in [7, 11) is 1.47. The Bertz CT molecular complexity index is 745. The fourth-order valence-corrected chi connectivity index (χ4v) is 2.80. The molecule has 1 aromatic rings. The van der Waals surface area contributed by atoms with E-state index >= 15 is 0 Å². The highest BCUT2D eigenvalue weighted by Crippen LogP contribution is 2.34. The molecule has 0 bridgehead atoms. The average Bonchev–Trinajstić information content (AvgIpc) is 2.54. The normalized spacial score (nSPS) is 16.6. The third-order valence-corrected chi connectivity index (χ3v) is 3.76. The second kappa shape index (κ2) is 7.98. The second-order valence-electron chi connectivity index (χ2n) is 5.29. The van der Waals surface area contributed by atoms with Crippen LogP contribution in [0.4, 0.5) is 0 Å². The molecule has 1 aliphatic rings. The van der Waals surface area contributed by atoms with Crippen molar-refractivity contribution in [3.05, 3.63) is 35.0 Å². The lowest BCUT2D eigenvalue weighted by Crippen LogP contribution is -2.45. The second-order valence-corrected chi connectivity index (χ2v) is 5.70. The van der Waals surface area contributed by atoms with Crippen LogP contribution in [0.2, 0.25) is 0 Å². The molecule has 0 aliphatic carbocycles. The van der Waals surface area contributed by atoms with Crippen molar-refractivity contribution in [2.24, 2.45) is 0 Å². The largest absolute Gasteiger partial charge is 0.493 e. The number of esters is 2. The van der Waals surface area contributed by atoms with Crippen molar-refractivity contribution in [2.45, 2.75) is 26.8 Å². The molecule has 0 fully saturated rings. The molecule has 1 heterocycles. The third kappa shape index (κ3) is 4.27. The number of nitrogens with one attached hydrogen (secondary N) is 2. The molecular weight excluding hydrogens is 344 g/mol. The SMILES string of the molecule is CCOC(=O)C1=C(C)NC(=S)NC1c1ccc(OC(C)=O)c(OC)c1. The molecule has 0 saturated heterocycles. The van der Waals surface area contributed by atoms with Gasteiger partial charge in [0.05, 0.1) is 25.3 Å². The molecule has 0 saturated carbocycles. The first-order valence-electron chi connectivity index (χ1n) is 7.69. The first-order chi connectivity index (χ1) is 11.9. The lowest BCUT2D eigenvalue weighted by atomic mass is 9.95. The van der Waals surface area contributed by atoms with Gasteiger partial charge >= 0.3 is 11.9 Å². The maximum atomic E-state index is 12.4. The fourth-order valence-electron chi connectivity index (χ4n) is 2.53. The van der Waals surface area contributed by atoms with E-state index in [-0.39, 0.29) is 6.61 Å². The van der Waals surface area contributed by atoms with Crippen LogP contribution in [0.5, 0.6) is 11.5 Å². The van der Waals surface area contributed by atoms with Crippen LogP contribution in [-0.4, -0.2) is 30.8 Å². The van der Waals surface area contributed by atoms with E-state index in [1.807, 2.05) is 0 Å². The van der Waals surface area contributed by atoms with Gasteiger partial charge in [-0.05, 0) is 43.8 Å². The highest BCUT2D eigenvalue weighted by molar-refractivity contribution is 7.80. The van der Waals surface area contributed by atoms with E-state index in [9.17, 15) is 9.59 Å². The lowest BCUT2D eigenvalue weighted by Gasteiger charge is -2.30. The van der Waals surface area contributed by atoms with E-state index in [0.717, 1.165) is 5.56 Å². The number of hydrogen-bond acceptors (Lipinski definition) is 6. The zero-order chi connectivity index (χ0) is 18.6. The van der Waals surface area contributed by atoms with Gasteiger partial charge < -0.3 is 24.8 Å². The van der Waals surface area contributed by atoms with Crippen molar-refractivity contribution >= 4 is 29.3 Å². The number of benzene rings is 1. The molecule has 8 heteroatoms. The zero-order valence-electron chi connectivity index (χ0n) is 14.5. The third-order valence-electron chi connectivity index (χ3n) is 3.54. The summed E-state index contributed by atoms with van der Waals surface area (Å²) in [4.78, 5) is 23.5. The van der Waals surface area contributed by atoms with Crippen molar-refractivity contribution in [2.75, 3.05) is 13.7 Å². The Balaban J connectivity index is 2.46. The molecule has 0 radical (unpaired) electrons. The van der Waals surface area contributed by atoms with Crippen LogP contribution >= 0.6 is 12.2 Å². The highest BCUT2D eigenvalue weighted by Gasteiger charge is 2.31. The first-order valence-corrected chi connectivity index (χ1v) is 8.10. The summed E-state index contributed by atoms with van der Waals surface area (Å²) in [6.07, 6.45) is 0. The van der Waals surface area contributed by atoms with E-state index in [2.05, 4.69) is 10.6 Å². The topological polar surface area (TPSA) is 85.9 Å². The zero-order valence-corrected chi connectivity index (χ0v) is 15.3. The minimum Gasteiger partial charge on any atom is -0.493 e. The molecule has 1 unspecified atom stereocenters.